The molecule has 37 heavy (non-hydrogen) atoms. The maximum atomic E-state index is 13.2. The number of alkyl halides is 3. The summed E-state index contributed by atoms with van der Waals surface area (Å²) in [6.07, 6.45) is -4.61. The minimum atomic E-state index is -4.97. The molecule has 1 unspecified atom stereocenters. The van der Waals surface area contributed by atoms with Gasteiger partial charge in [-0.05, 0) is 35.7 Å². The number of nitrogens with zero attached hydrogens (tertiary/aromatic N) is 2. The van der Waals surface area contributed by atoms with Crippen molar-refractivity contribution in [2.75, 3.05) is 13.1 Å². The molecule has 1 saturated heterocycles. The van der Waals surface area contributed by atoms with E-state index in [2.05, 4.69) is 14.4 Å². The van der Waals surface area contributed by atoms with E-state index >= 15 is 0 Å². The summed E-state index contributed by atoms with van der Waals surface area (Å²) < 4.78 is 75.5. The maximum Gasteiger partial charge on any atom is 0.574 e. The third-order valence-corrected chi connectivity index (χ3v) is 7.47. The minimum Gasteiger partial charge on any atom is -0.445 e. The van der Waals surface area contributed by atoms with Crippen molar-refractivity contribution in [1.82, 2.24) is 14.6 Å². The van der Waals surface area contributed by atoms with E-state index in [0.29, 0.717) is 10.6 Å². The molecule has 1 N–H and O–H groups in total. The number of aromatic nitrogens is 1. The standard InChI is InChI=1S/C24H21ClF3N3O5S/c25-19-8-6-18(7-9-19)23(12-13-31(16-23)22(32)35-15-17-4-2-1-3-5-17)30-37(33,34)20-10-11-21(29-14-20)36-24(26,27)28/h1-11,14,30H,12-13,15-16H2. The Bertz CT molecular complexity index is 1340. The van der Waals surface area contributed by atoms with E-state index in [-0.39, 0.29) is 31.0 Å². The summed E-state index contributed by atoms with van der Waals surface area (Å²) in [4.78, 5) is 17.2. The van der Waals surface area contributed by atoms with Crippen LogP contribution in [0.1, 0.15) is 17.5 Å². The minimum absolute atomic E-state index is 0.0495. The predicted molar refractivity (Wildman–Crippen MR) is 127 cm³/mol. The van der Waals surface area contributed by atoms with Gasteiger partial charge in [-0.3, -0.25) is 0 Å². The van der Waals surface area contributed by atoms with Gasteiger partial charge < -0.3 is 14.4 Å². The first kappa shape index (κ1) is 26.7. The Hall–Kier alpha value is -3.35. The van der Waals surface area contributed by atoms with Crippen LogP contribution in [0.15, 0.2) is 77.8 Å². The summed E-state index contributed by atoms with van der Waals surface area (Å²) in [6.45, 7) is 0.188. The smallest absolute Gasteiger partial charge is 0.445 e. The van der Waals surface area contributed by atoms with Gasteiger partial charge in [-0.25, -0.2) is 18.2 Å². The summed E-state index contributed by atoms with van der Waals surface area (Å²) >= 11 is 6.01. The molecule has 0 aliphatic carbocycles. The van der Waals surface area contributed by atoms with E-state index in [1.807, 2.05) is 30.3 Å². The van der Waals surface area contributed by atoms with Crippen LogP contribution in [0.2, 0.25) is 5.02 Å². The molecule has 1 fully saturated rings. The van der Waals surface area contributed by atoms with Gasteiger partial charge in [0.1, 0.15) is 11.5 Å². The van der Waals surface area contributed by atoms with Crippen LogP contribution in [-0.2, 0) is 26.9 Å². The van der Waals surface area contributed by atoms with Crippen molar-refractivity contribution in [3.63, 3.8) is 0 Å². The van der Waals surface area contributed by atoms with Gasteiger partial charge in [0.2, 0.25) is 15.9 Å². The van der Waals surface area contributed by atoms with Gasteiger partial charge >= 0.3 is 12.5 Å². The molecule has 1 amide bonds. The number of hydrogen-bond donors (Lipinski definition) is 1. The number of ether oxygens (including phenoxy) is 2. The van der Waals surface area contributed by atoms with Crippen LogP contribution in [0, 0.1) is 0 Å². The van der Waals surface area contributed by atoms with Gasteiger partial charge in [0, 0.05) is 24.2 Å². The average Bonchev–Trinajstić information content (AvgIpc) is 3.27. The topological polar surface area (TPSA) is 97.8 Å². The van der Waals surface area contributed by atoms with Gasteiger partial charge in [0.25, 0.3) is 0 Å². The van der Waals surface area contributed by atoms with Crippen molar-refractivity contribution in [1.29, 1.82) is 0 Å². The van der Waals surface area contributed by atoms with Crippen LogP contribution < -0.4 is 9.46 Å². The van der Waals surface area contributed by atoms with Crippen LogP contribution >= 0.6 is 11.6 Å². The molecule has 2 aromatic carbocycles. The van der Waals surface area contributed by atoms with Crippen LogP contribution in [0.25, 0.3) is 0 Å². The fourth-order valence-electron chi connectivity index (χ4n) is 3.94. The molecule has 3 aromatic rings. The van der Waals surface area contributed by atoms with E-state index in [9.17, 15) is 26.4 Å². The highest BCUT2D eigenvalue weighted by atomic mass is 35.5. The molecule has 0 spiro atoms. The molecule has 4 rings (SSSR count). The predicted octanol–water partition coefficient (Wildman–Crippen LogP) is 4.85. The lowest BCUT2D eigenvalue weighted by molar-refractivity contribution is -0.276. The van der Waals surface area contributed by atoms with Crippen LogP contribution in [0.4, 0.5) is 18.0 Å². The number of hydrogen-bond acceptors (Lipinski definition) is 6. The van der Waals surface area contributed by atoms with Crippen LogP contribution in [0.3, 0.4) is 0 Å². The number of carbonyl (C=O) groups is 1. The van der Waals surface area contributed by atoms with Crippen molar-refractivity contribution in [2.45, 2.75) is 29.8 Å². The molecular weight excluding hydrogens is 535 g/mol. The van der Waals surface area contributed by atoms with E-state index < -0.39 is 33.9 Å². The number of halogens is 4. The first-order chi connectivity index (χ1) is 17.5. The van der Waals surface area contributed by atoms with Gasteiger partial charge in [-0.1, -0.05) is 54.1 Å². The SMILES string of the molecule is O=C(OCc1ccccc1)N1CCC(NS(=O)(=O)c2ccc(OC(F)(F)F)nc2)(c2ccc(Cl)cc2)C1. The highest BCUT2D eigenvalue weighted by molar-refractivity contribution is 7.89. The highest BCUT2D eigenvalue weighted by Crippen LogP contribution is 2.35. The van der Waals surface area contributed by atoms with Crippen molar-refractivity contribution in [3.05, 3.63) is 89.1 Å². The van der Waals surface area contributed by atoms with Gasteiger partial charge in [-0.2, -0.15) is 4.72 Å². The van der Waals surface area contributed by atoms with Gasteiger partial charge in [-0.15, -0.1) is 13.2 Å². The summed E-state index contributed by atoms with van der Waals surface area (Å²) in [5.41, 5.74) is 0.0880. The van der Waals surface area contributed by atoms with E-state index in [1.54, 1.807) is 24.3 Å². The third-order valence-electron chi connectivity index (χ3n) is 5.70. The Balaban J connectivity index is 1.55. The molecule has 2 heterocycles. The molecular formula is C24H21ClF3N3O5S. The Morgan fingerprint density at radius 3 is 2.41 bits per heavy atom. The second-order valence-corrected chi connectivity index (χ2v) is 10.4. The molecule has 13 heteroatoms. The summed E-state index contributed by atoms with van der Waals surface area (Å²) in [6, 6.07) is 17.3. The zero-order chi connectivity index (χ0) is 26.7. The Kier molecular flexibility index (Phi) is 7.62. The van der Waals surface area contributed by atoms with E-state index in [0.717, 1.165) is 23.9 Å². The molecule has 0 bridgehead atoms. The molecule has 196 valence electrons. The fraction of sp³-hybridized carbons (Fsp3) is 0.250. The monoisotopic (exact) mass is 555 g/mol. The molecule has 1 aromatic heterocycles. The number of pyridine rings is 1. The number of amides is 1. The second kappa shape index (κ2) is 10.6. The number of carbonyl (C=O) groups excluding carboxylic acids is 1. The molecule has 1 atom stereocenters. The largest absolute Gasteiger partial charge is 0.574 e. The van der Waals surface area contributed by atoms with Crippen molar-refractivity contribution in [3.8, 4) is 5.88 Å². The Morgan fingerprint density at radius 1 is 1.08 bits per heavy atom. The second-order valence-electron chi connectivity index (χ2n) is 8.29. The molecule has 1 aliphatic heterocycles. The van der Waals surface area contributed by atoms with Gasteiger partial charge in [0.05, 0.1) is 11.7 Å². The van der Waals surface area contributed by atoms with Crippen LogP contribution in [0.5, 0.6) is 5.88 Å². The van der Waals surface area contributed by atoms with E-state index in [4.69, 9.17) is 16.3 Å². The zero-order valence-electron chi connectivity index (χ0n) is 19.1. The first-order valence-electron chi connectivity index (χ1n) is 10.9. The number of likely N-dealkylation sites (tertiary alicyclic amines) is 1. The molecule has 0 saturated carbocycles. The number of rotatable bonds is 7. The number of benzene rings is 2. The summed E-state index contributed by atoms with van der Waals surface area (Å²) in [5, 5.41) is 0.434. The zero-order valence-corrected chi connectivity index (χ0v) is 20.7. The van der Waals surface area contributed by atoms with Crippen molar-refractivity contribution in [2.24, 2.45) is 0 Å². The quantitative estimate of drug-likeness (QED) is 0.448. The van der Waals surface area contributed by atoms with E-state index in [1.165, 1.54) is 4.90 Å². The maximum absolute atomic E-state index is 13.2. The molecule has 8 nitrogen and oxygen atoms in total. The molecule has 0 radical (unpaired) electrons. The third kappa shape index (κ3) is 6.70. The fourth-order valence-corrected chi connectivity index (χ4v) is 5.43. The normalized spacial score (nSPS) is 18.0. The Morgan fingerprint density at radius 2 is 1.78 bits per heavy atom. The average molecular weight is 556 g/mol. The van der Waals surface area contributed by atoms with Crippen molar-refractivity contribution >= 4 is 27.7 Å². The summed E-state index contributed by atoms with van der Waals surface area (Å²) in [5.74, 6) is -0.799. The van der Waals surface area contributed by atoms with Gasteiger partial charge in [0.15, 0.2) is 0 Å². The summed E-state index contributed by atoms with van der Waals surface area (Å²) in [7, 11) is -4.29. The first-order valence-corrected chi connectivity index (χ1v) is 12.8. The number of sulfonamides is 1. The highest BCUT2D eigenvalue weighted by Gasteiger charge is 2.45. The van der Waals surface area contributed by atoms with Crippen LogP contribution in [-0.4, -0.2) is 43.8 Å². The lowest BCUT2D eigenvalue weighted by atomic mass is 9.90. The lowest BCUT2D eigenvalue weighted by Gasteiger charge is -2.31. The lowest BCUT2D eigenvalue weighted by Crippen LogP contribution is -2.48. The van der Waals surface area contributed by atoms with Crippen molar-refractivity contribution < 1.29 is 35.9 Å². The number of nitrogens with one attached hydrogen (secondary N) is 1. The molecule has 1 aliphatic rings. The Labute approximate surface area is 216 Å².